The molecule has 2 aromatic rings. The highest BCUT2D eigenvalue weighted by atomic mass is 35.5. The first-order valence-electron chi connectivity index (χ1n) is 10.1. The van der Waals surface area contributed by atoms with E-state index in [9.17, 15) is 9.59 Å². The number of fused-ring (bicyclic) bond motifs is 1. The van der Waals surface area contributed by atoms with Gasteiger partial charge in [0.25, 0.3) is 5.91 Å². The van der Waals surface area contributed by atoms with Crippen molar-refractivity contribution >= 4 is 28.5 Å². The number of hydrogen-bond acceptors (Lipinski definition) is 5. The van der Waals surface area contributed by atoms with E-state index >= 15 is 0 Å². The zero-order valence-corrected chi connectivity index (χ0v) is 17.5. The molecule has 0 radical (unpaired) electrons. The van der Waals surface area contributed by atoms with Crippen molar-refractivity contribution in [3.05, 3.63) is 39.2 Å². The van der Waals surface area contributed by atoms with Crippen LogP contribution in [0.5, 0.6) is 5.75 Å². The minimum Gasteiger partial charge on any atom is -0.482 e. The molecular formula is C21H28ClN2O5+. The summed E-state index contributed by atoms with van der Waals surface area (Å²) in [6.07, 6.45) is 2.57. The number of ether oxygens (including phenoxy) is 2. The zero-order chi connectivity index (χ0) is 20.6. The second-order valence-electron chi connectivity index (χ2n) is 7.22. The summed E-state index contributed by atoms with van der Waals surface area (Å²) in [7, 11) is 0. The largest absolute Gasteiger partial charge is 0.482 e. The van der Waals surface area contributed by atoms with Crippen LogP contribution in [0.15, 0.2) is 27.4 Å². The van der Waals surface area contributed by atoms with Gasteiger partial charge in [0.2, 0.25) is 0 Å². The van der Waals surface area contributed by atoms with Crippen molar-refractivity contribution in [1.29, 1.82) is 0 Å². The first kappa shape index (κ1) is 21.6. The molecule has 1 aliphatic heterocycles. The van der Waals surface area contributed by atoms with Crippen LogP contribution in [0.3, 0.4) is 0 Å². The number of amides is 1. The molecule has 8 heteroatoms. The third-order valence-corrected chi connectivity index (χ3v) is 5.29. The van der Waals surface area contributed by atoms with Gasteiger partial charge >= 0.3 is 5.63 Å². The smallest absolute Gasteiger partial charge is 0.336 e. The highest BCUT2D eigenvalue weighted by molar-refractivity contribution is 6.32. The fourth-order valence-electron chi connectivity index (χ4n) is 3.49. The third-order valence-electron chi connectivity index (χ3n) is 4.99. The normalized spacial score (nSPS) is 14.8. The molecule has 0 bridgehead atoms. The summed E-state index contributed by atoms with van der Waals surface area (Å²) in [6.45, 7) is 7.17. The summed E-state index contributed by atoms with van der Waals surface area (Å²) in [5.41, 5.74) is 0.899. The van der Waals surface area contributed by atoms with Crippen LogP contribution in [0, 0.1) is 0 Å². The lowest BCUT2D eigenvalue weighted by Crippen LogP contribution is -3.14. The van der Waals surface area contributed by atoms with E-state index in [1.807, 2.05) is 6.92 Å². The maximum atomic E-state index is 12.1. The lowest BCUT2D eigenvalue weighted by atomic mass is 10.1. The van der Waals surface area contributed by atoms with Crippen LogP contribution in [0.25, 0.3) is 11.0 Å². The molecule has 1 saturated heterocycles. The van der Waals surface area contributed by atoms with Crippen LogP contribution in [-0.4, -0.2) is 51.9 Å². The van der Waals surface area contributed by atoms with Crippen LogP contribution in [0.1, 0.15) is 25.3 Å². The van der Waals surface area contributed by atoms with E-state index in [-0.39, 0.29) is 12.5 Å². The molecule has 0 atom stereocenters. The van der Waals surface area contributed by atoms with E-state index in [0.717, 1.165) is 63.1 Å². The Bertz CT molecular complexity index is 893. The fourth-order valence-corrected chi connectivity index (χ4v) is 3.70. The number of carbonyl (C=O) groups excluding carboxylic acids is 1. The monoisotopic (exact) mass is 423 g/mol. The number of benzene rings is 1. The molecule has 158 valence electrons. The molecule has 0 spiro atoms. The van der Waals surface area contributed by atoms with Crippen LogP contribution in [-0.2, 0) is 16.0 Å². The zero-order valence-electron chi connectivity index (χ0n) is 16.7. The highest BCUT2D eigenvalue weighted by Gasteiger charge is 2.14. The van der Waals surface area contributed by atoms with Gasteiger partial charge in [-0.25, -0.2) is 4.79 Å². The van der Waals surface area contributed by atoms with E-state index in [4.69, 9.17) is 25.5 Å². The second kappa shape index (κ2) is 10.6. The number of morpholine rings is 1. The van der Waals surface area contributed by atoms with Crippen molar-refractivity contribution in [3.63, 3.8) is 0 Å². The summed E-state index contributed by atoms with van der Waals surface area (Å²) >= 11 is 6.32. The van der Waals surface area contributed by atoms with Crippen molar-refractivity contribution < 1.29 is 23.6 Å². The number of halogens is 1. The van der Waals surface area contributed by atoms with Gasteiger partial charge in [0.1, 0.15) is 24.4 Å². The van der Waals surface area contributed by atoms with Gasteiger partial charge in [-0.2, -0.15) is 0 Å². The Kier molecular flexibility index (Phi) is 7.91. The van der Waals surface area contributed by atoms with Gasteiger partial charge in [0.15, 0.2) is 6.61 Å². The minimum atomic E-state index is -0.408. The van der Waals surface area contributed by atoms with Crippen LogP contribution >= 0.6 is 11.6 Å². The molecule has 0 saturated carbocycles. The van der Waals surface area contributed by atoms with Crippen LogP contribution < -0.4 is 20.6 Å². The van der Waals surface area contributed by atoms with Crippen molar-refractivity contribution in [1.82, 2.24) is 5.32 Å². The Morgan fingerprint density at radius 2 is 2.07 bits per heavy atom. The van der Waals surface area contributed by atoms with E-state index in [1.165, 1.54) is 11.0 Å². The molecule has 29 heavy (non-hydrogen) atoms. The molecule has 1 amide bonds. The number of aryl methyl sites for hydroxylation is 1. The van der Waals surface area contributed by atoms with E-state index in [1.54, 1.807) is 12.1 Å². The average Bonchev–Trinajstić information content (AvgIpc) is 2.71. The Morgan fingerprint density at radius 3 is 2.83 bits per heavy atom. The van der Waals surface area contributed by atoms with Gasteiger partial charge in [-0.15, -0.1) is 0 Å². The molecule has 1 aromatic carbocycles. The minimum absolute atomic E-state index is 0.144. The summed E-state index contributed by atoms with van der Waals surface area (Å²) in [5.74, 6) is 0.114. The third kappa shape index (κ3) is 6.19. The molecule has 3 rings (SSSR count). The summed E-state index contributed by atoms with van der Waals surface area (Å²) in [6, 6.07) is 4.80. The van der Waals surface area contributed by atoms with Gasteiger partial charge in [-0.05, 0) is 18.1 Å². The fraction of sp³-hybridized carbons (Fsp3) is 0.524. The first-order chi connectivity index (χ1) is 14.1. The van der Waals surface area contributed by atoms with Crippen molar-refractivity contribution in [2.45, 2.75) is 26.2 Å². The molecule has 2 heterocycles. The van der Waals surface area contributed by atoms with Gasteiger partial charge in [0, 0.05) is 30.5 Å². The molecule has 0 aliphatic carbocycles. The second-order valence-corrected chi connectivity index (χ2v) is 7.63. The molecule has 1 aromatic heterocycles. The topological polar surface area (TPSA) is 82.2 Å². The van der Waals surface area contributed by atoms with E-state index < -0.39 is 5.63 Å². The first-order valence-corrected chi connectivity index (χ1v) is 10.5. The Labute approximate surface area is 174 Å². The van der Waals surface area contributed by atoms with E-state index in [2.05, 4.69) is 5.32 Å². The number of nitrogens with one attached hydrogen (secondary N) is 2. The highest BCUT2D eigenvalue weighted by Crippen LogP contribution is 2.31. The standard InChI is InChI=1S/C21H27ClN2O5/c1-2-4-15-11-21(26)29-18-13-19(17(22)12-16(15)18)28-14-20(25)23-5-3-6-24-7-9-27-10-8-24/h11-13H,2-10,14H2,1H3,(H,23,25)/p+1. The van der Waals surface area contributed by atoms with Crippen molar-refractivity contribution in [2.75, 3.05) is 46.0 Å². The molecule has 7 nitrogen and oxygen atoms in total. The predicted molar refractivity (Wildman–Crippen MR) is 111 cm³/mol. The Morgan fingerprint density at radius 1 is 1.28 bits per heavy atom. The summed E-state index contributed by atoms with van der Waals surface area (Å²) in [5, 5.41) is 4.03. The van der Waals surface area contributed by atoms with Gasteiger partial charge < -0.3 is 24.1 Å². The molecular weight excluding hydrogens is 396 g/mol. The number of rotatable bonds is 9. The molecule has 2 N–H and O–H groups in total. The summed E-state index contributed by atoms with van der Waals surface area (Å²) in [4.78, 5) is 25.4. The predicted octanol–water partition coefficient (Wildman–Crippen LogP) is 1.20. The van der Waals surface area contributed by atoms with Crippen molar-refractivity contribution in [3.8, 4) is 5.75 Å². The van der Waals surface area contributed by atoms with Gasteiger partial charge in [-0.3, -0.25) is 4.79 Å². The van der Waals surface area contributed by atoms with Crippen LogP contribution in [0.2, 0.25) is 5.02 Å². The summed E-state index contributed by atoms with van der Waals surface area (Å²) < 4.78 is 16.2. The van der Waals surface area contributed by atoms with Crippen LogP contribution in [0.4, 0.5) is 0 Å². The molecule has 1 fully saturated rings. The Hall–Kier alpha value is -2.09. The maximum Gasteiger partial charge on any atom is 0.336 e. The quantitative estimate of drug-likeness (QED) is 0.468. The average molecular weight is 424 g/mol. The van der Waals surface area contributed by atoms with Gasteiger partial charge in [0.05, 0.1) is 24.8 Å². The SMILES string of the molecule is CCCc1cc(=O)oc2cc(OCC(=O)NCCC[NH+]3CCOCC3)c(Cl)cc12. The van der Waals surface area contributed by atoms with E-state index in [0.29, 0.717) is 22.9 Å². The van der Waals surface area contributed by atoms with Crippen molar-refractivity contribution in [2.24, 2.45) is 0 Å². The number of quaternary nitrogens is 1. The number of carbonyl (C=O) groups is 1. The maximum absolute atomic E-state index is 12.1. The van der Waals surface area contributed by atoms with Gasteiger partial charge in [-0.1, -0.05) is 24.9 Å². The molecule has 1 aliphatic rings. The molecule has 0 unspecified atom stereocenters. The Balaban J connectivity index is 1.52. The lowest BCUT2D eigenvalue weighted by Gasteiger charge is -2.23. The lowest BCUT2D eigenvalue weighted by molar-refractivity contribution is -0.908. The number of hydrogen-bond donors (Lipinski definition) is 2.